The second-order valence-electron chi connectivity index (χ2n) is 3.12. The highest BCUT2D eigenvalue weighted by atomic mass is 32.1. The van der Waals surface area contributed by atoms with Gasteiger partial charge in [-0.05, 0) is 34.0 Å². The summed E-state index contributed by atoms with van der Waals surface area (Å²) in [6.45, 7) is 3.51. The molecule has 4 heteroatoms. The van der Waals surface area contributed by atoms with Gasteiger partial charge in [-0.25, -0.2) is 0 Å². The second-order valence-corrected chi connectivity index (χ2v) is 3.90. The van der Waals surface area contributed by atoms with Crippen molar-refractivity contribution in [2.75, 3.05) is 27.2 Å². The van der Waals surface area contributed by atoms with Gasteiger partial charge >= 0.3 is 0 Å². The molecule has 0 aromatic heterocycles. The van der Waals surface area contributed by atoms with Crippen molar-refractivity contribution in [1.29, 1.82) is 0 Å². The summed E-state index contributed by atoms with van der Waals surface area (Å²) in [7, 11) is 4.03. The fourth-order valence-corrected chi connectivity index (χ4v) is 0.846. The molecule has 0 aliphatic carbocycles. The molecule has 3 nitrogen and oxygen atoms in total. The number of rotatable bonds is 5. The minimum atomic E-state index is -0.204. The van der Waals surface area contributed by atoms with Crippen LogP contribution in [0.5, 0.6) is 0 Å². The summed E-state index contributed by atoms with van der Waals surface area (Å²) in [6.07, 6.45) is 0.985. The molecule has 0 aliphatic heterocycles. The maximum absolute atomic E-state index is 11.0. The zero-order valence-electron chi connectivity index (χ0n) is 8.00. The van der Waals surface area contributed by atoms with Gasteiger partial charge in [0.25, 0.3) is 0 Å². The average Bonchev–Trinajstić information content (AvgIpc) is 1.97. The summed E-state index contributed by atoms with van der Waals surface area (Å²) in [5.41, 5.74) is 0. The van der Waals surface area contributed by atoms with E-state index in [9.17, 15) is 4.79 Å². The van der Waals surface area contributed by atoms with E-state index in [2.05, 4.69) is 22.8 Å². The van der Waals surface area contributed by atoms with Crippen molar-refractivity contribution in [3.63, 3.8) is 0 Å². The highest BCUT2D eigenvalue weighted by Crippen LogP contribution is 1.91. The van der Waals surface area contributed by atoms with Crippen molar-refractivity contribution in [2.45, 2.75) is 18.6 Å². The molecule has 1 atom stereocenters. The molecule has 0 aliphatic rings. The lowest BCUT2D eigenvalue weighted by molar-refractivity contribution is -0.120. The van der Waals surface area contributed by atoms with Crippen LogP contribution in [0.3, 0.4) is 0 Å². The van der Waals surface area contributed by atoms with Crippen LogP contribution in [0.15, 0.2) is 0 Å². The number of carbonyl (C=O) groups excluding carboxylic acids is 1. The molecule has 0 heterocycles. The van der Waals surface area contributed by atoms with Gasteiger partial charge < -0.3 is 10.2 Å². The Hall–Kier alpha value is -0.220. The number of hydrogen-bond donors (Lipinski definition) is 2. The third-order valence-corrected chi connectivity index (χ3v) is 1.70. The lowest BCUT2D eigenvalue weighted by Gasteiger charge is -2.10. The Bertz CT molecular complexity index is 137. The first-order chi connectivity index (χ1) is 5.54. The number of carbonyl (C=O) groups is 1. The lowest BCUT2D eigenvalue weighted by Crippen LogP contribution is -2.31. The van der Waals surface area contributed by atoms with E-state index < -0.39 is 0 Å². The lowest BCUT2D eigenvalue weighted by atomic mass is 10.3. The summed E-state index contributed by atoms with van der Waals surface area (Å²) in [5.74, 6) is 0.0112. The summed E-state index contributed by atoms with van der Waals surface area (Å²) in [6, 6.07) is 0. The van der Waals surface area contributed by atoms with Crippen LogP contribution >= 0.6 is 12.6 Å². The first-order valence-corrected chi connectivity index (χ1v) is 4.66. The van der Waals surface area contributed by atoms with Gasteiger partial charge in [0.05, 0.1) is 5.25 Å². The first kappa shape index (κ1) is 11.8. The van der Waals surface area contributed by atoms with E-state index in [1.54, 1.807) is 6.92 Å². The van der Waals surface area contributed by atoms with E-state index in [1.165, 1.54) is 0 Å². The summed E-state index contributed by atoms with van der Waals surface area (Å²) in [4.78, 5) is 13.1. The van der Waals surface area contributed by atoms with Crippen LogP contribution in [0, 0.1) is 0 Å². The molecule has 0 aromatic rings. The topological polar surface area (TPSA) is 32.3 Å². The van der Waals surface area contributed by atoms with Crippen LogP contribution in [0.25, 0.3) is 0 Å². The molecule has 0 saturated heterocycles. The van der Waals surface area contributed by atoms with Crippen LogP contribution in [0.1, 0.15) is 13.3 Å². The summed E-state index contributed by atoms with van der Waals surface area (Å²) in [5, 5.41) is 2.59. The van der Waals surface area contributed by atoms with Gasteiger partial charge in [0, 0.05) is 6.54 Å². The number of nitrogens with one attached hydrogen (secondary N) is 1. The van der Waals surface area contributed by atoms with E-state index in [4.69, 9.17) is 0 Å². The molecule has 0 radical (unpaired) electrons. The summed E-state index contributed by atoms with van der Waals surface area (Å²) < 4.78 is 0. The van der Waals surface area contributed by atoms with Gasteiger partial charge in [0.15, 0.2) is 0 Å². The molecule has 0 fully saturated rings. The molecule has 1 unspecified atom stereocenters. The Morgan fingerprint density at radius 1 is 1.58 bits per heavy atom. The zero-order valence-corrected chi connectivity index (χ0v) is 8.90. The molecular formula is C8H18N2OS. The molecule has 0 spiro atoms. The predicted molar refractivity (Wildman–Crippen MR) is 54.6 cm³/mol. The van der Waals surface area contributed by atoms with Gasteiger partial charge in [0.2, 0.25) is 5.91 Å². The van der Waals surface area contributed by atoms with Gasteiger partial charge in [-0.1, -0.05) is 0 Å². The van der Waals surface area contributed by atoms with Crippen LogP contribution < -0.4 is 5.32 Å². The van der Waals surface area contributed by atoms with Crippen LogP contribution in [0.2, 0.25) is 0 Å². The number of thiol groups is 1. The van der Waals surface area contributed by atoms with E-state index >= 15 is 0 Å². The number of hydrogen-bond acceptors (Lipinski definition) is 3. The monoisotopic (exact) mass is 190 g/mol. The van der Waals surface area contributed by atoms with Crippen molar-refractivity contribution in [3.05, 3.63) is 0 Å². The fourth-order valence-electron chi connectivity index (χ4n) is 0.755. The van der Waals surface area contributed by atoms with Crippen molar-refractivity contribution < 1.29 is 4.79 Å². The first-order valence-electron chi connectivity index (χ1n) is 4.14. The quantitative estimate of drug-likeness (QED) is 0.485. The molecule has 1 N–H and O–H groups in total. The van der Waals surface area contributed by atoms with Crippen molar-refractivity contribution in [3.8, 4) is 0 Å². The van der Waals surface area contributed by atoms with Crippen molar-refractivity contribution >= 4 is 18.5 Å². The smallest absolute Gasteiger partial charge is 0.232 e. The van der Waals surface area contributed by atoms with E-state index in [-0.39, 0.29) is 11.2 Å². The Labute approximate surface area is 79.9 Å². The predicted octanol–water partition coefficient (Wildman–Crippen LogP) is 0.373. The minimum Gasteiger partial charge on any atom is -0.355 e. The highest BCUT2D eigenvalue weighted by Gasteiger charge is 2.05. The molecule has 0 rings (SSSR count). The van der Waals surface area contributed by atoms with Gasteiger partial charge in [-0.2, -0.15) is 12.6 Å². The van der Waals surface area contributed by atoms with Crippen LogP contribution in [-0.2, 0) is 4.79 Å². The minimum absolute atomic E-state index is 0.0112. The Morgan fingerprint density at radius 3 is 2.58 bits per heavy atom. The third-order valence-electron chi connectivity index (χ3n) is 1.46. The molecule has 12 heavy (non-hydrogen) atoms. The van der Waals surface area contributed by atoms with E-state index in [1.807, 2.05) is 14.1 Å². The Kier molecular flexibility index (Phi) is 6.20. The molecule has 0 bridgehead atoms. The van der Waals surface area contributed by atoms with Crippen LogP contribution in [0.4, 0.5) is 0 Å². The van der Waals surface area contributed by atoms with E-state index in [0.717, 1.165) is 19.5 Å². The standard InChI is InChI=1S/C8H18N2OS/c1-7(12)8(11)9-5-4-6-10(2)3/h7,12H,4-6H2,1-3H3,(H,9,11). The molecular weight excluding hydrogens is 172 g/mol. The third kappa shape index (κ3) is 6.49. The van der Waals surface area contributed by atoms with E-state index in [0.29, 0.717) is 0 Å². The average molecular weight is 190 g/mol. The van der Waals surface area contributed by atoms with Gasteiger partial charge in [-0.15, -0.1) is 0 Å². The molecule has 0 aromatic carbocycles. The van der Waals surface area contributed by atoms with Gasteiger partial charge in [0.1, 0.15) is 0 Å². The Balaban J connectivity index is 3.26. The molecule has 1 amide bonds. The zero-order chi connectivity index (χ0) is 9.56. The fraction of sp³-hybridized carbons (Fsp3) is 0.875. The SMILES string of the molecule is CC(S)C(=O)NCCCN(C)C. The van der Waals surface area contributed by atoms with Crippen LogP contribution in [-0.4, -0.2) is 43.2 Å². The molecule has 72 valence electrons. The largest absolute Gasteiger partial charge is 0.355 e. The Morgan fingerprint density at radius 2 is 2.17 bits per heavy atom. The van der Waals surface area contributed by atoms with Gasteiger partial charge in [-0.3, -0.25) is 4.79 Å². The normalized spacial score (nSPS) is 13.1. The van der Waals surface area contributed by atoms with Crippen molar-refractivity contribution in [2.24, 2.45) is 0 Å². The van der Waals surface area contributed by atoms with Crippen molar-refractivity contribution in [1.82, 2.24) is 10.2 Å². The summed E-state index contributed by atoms with van der Waals surface area (Å²) >= 11 is 4.01. The highest BCUT2D eigenvalue weighted by molar-refractivity contribution is 7.81. The number of amides is 1. The second kappa shape index (κ2) is 6.31. The number of nitrogens with zero attached hydrogens (tertiary/aromatic N) is 1. The maximum atomic E-state index is 11.0. The maximum Gasteiger partial charge on any atom is 0.232 e. The molecule has 0 saturated carbocycles.